The topological polar surface area (TPSA) is 89.4 Å². The molecule has 3 aromatic heterocycles. The average Bonchev–Trinajstić information content (AvgIpc) is 3.21. The number of aryl methyl sites for hydroxylation is 2. The number of aromatic amines is 1. The van der Waals surface area contributed by atoms with E-state index in [1.165, 1.54) is 7.11 Å². The molecule has 4 aromatic rings. The number of fused-ring (bicyclic) bond motifs is 3. The summed E-state index contributed by atoms with van der Waals surface area (Å²) < 4.78 is 6.54. The third-order valence-electron chi connectivity index (χ3n) is 4.17. The van der Waals surface area contributed by atoms with Crippen LogP contribution in [0.5, 0.6) is 0 Å². The van der Waals surface area contributed by atoms with Crippen LogP contribution in [0.2, 0.25) is 0 Å². The van der Waals surface area contributed by atoms with Crippen molar-refractivity contribution in [2.24, 2.45) is 0 Å². The Morgan fingerprint density at radius 2 is 2.04 bits per heavy atom. The summed E-state index contributed by atoms with van der Waals surface area (Å²) in [6.07, 6.45) is 0. The maximum absolute atomic E-state index is 12.4. The second kappa shape index (κ2) is 5.52. The molecule has 0 aliphatic carbocycles. The Hall–Kier alpha value is -3.00. The Kier molecular flexibility index (Phi) is 3.43. The Morgan fingerprint density at radius 3 is 2.72 bits per heavy atom. The highest BCUT2D eigenvalue weighted by atomic mass is 32.1. The van der Waals surface area contributed by atoms with E-state index in [1.807, 2.05) is 31.4 Å². The molecule has 4 rings (SSSR count). The number of nitrogens with one attached hydrogen (secondary N) is 1. The summed E-state index contributed by atoms with van der Waals surface area (Å²) >= 11 is 1.54. The first-order chi connectivity index (χ1) is 12.0. The molecule has 0 aliphatic heterocycles. The number of ether oxygens (including phenoxy) is 1. The van der Waals surface area contributed by atoms with Crippen molar-refractivity contribution >= 4 is 34.0 Å². The summed E-state index contributed by atoms with van der Waals surface area (Å²) in [6.45, 7) is 3.81. The lowest BCUT2D eigenvalue weighted by molar-refractivity contribution is 0.0600. The van der Waals surface area contributed by atoms with Crippen LogP contribution in [0, 0.1) is 13.8 Å². The van der Waals surface area contributed by atoms with Crippen molar-refractivity contribution < 1.29 is 9.53 Å². The number of thiophene rings is 1. The summed E-state index contributed by atoms with van der Waals surface area (Å²) in [5.74, 6) is 0.169. The molecule has 126 valence electrons. The van der Waals surface area contributed by atoms with Gasteiger partial charge in [0, 0.05) is 0 Å². The normalized spacial score (nSPS) is 11.3. The standard InChI is InChI=1S/C17H14N4O3S/c1-8-4-5-25-13(8)14-19-20-15-16(22)18-11-7-10(17(23)24-3)9(2)6-12(11)21(14)15/h4-7H,1-3H3,(H,18,22). The summed E-state index contributed by atoms with van der Waals surface area (Å²) in [6, 6.07) is 5.46. The lowest BCUT2D eigenvalue weighted by Gasteiger charge is -2.09. The molecule has 7 nitrogen and oxygen atoms in total. The minimum atomic E-state index is -0.446. The number of carbonyl (C=O) groups is 1. The van der Waals surface area contributed by atoms with Crippen LogP contribution in [0.4, 0.5) is 0 Å². The van der Waals surface area contributed by atoms with E-state index in [0.29, 0.717) is 16.9 Å². The van der Waals surface area contributed by atoms with Gasteiger partial charge in [0.2, 0.25) is 5.65 Å². The lowest BCUT2D eigenvalue weighted by atomic mass is 10.1. The number of hydrogen-bond acceptors (Lipinski definition) is 6. The number of H-pyrrole nitrogens is 1. The number of nitrogens with zero attached hydrogens (tertiary/aromatic N) is 3. The molecule has 8 heteroatoms. The number of methoxy groups -OCH3 is 1. The Labute approximate surface area is 145 Å². The highest BCUT2D eigenvalue weighted by Crippen LogP contribution is 2.29. The Balaban J connectivity index is 2.14. The third-order valence-corrected chi connectivity index (χ3v) is 5.18. The second-order valence-corrected chi connectivity index (χ2v) is 6.66. The molecule has 0 unspecified atom stereocenters. The van der Waals surface area contributed by atoms with Gasteiger partial charge in [0.15, 0.2) is 5.82 Å². The largest absolute Gasteiger partial charge is 0.465 e. The zero-order valence-corrected chi connectivity index (χ0v) is 14.6. The molecule has 0 saturated heterocycles. The van der Waals surface area contributed by atoms with Gasteiger partial charge < -0.3 is 9.72 Å². The minimum absolute atomic E-state index is 0.223. The zero-order valence-electron chi connectivity index (χ0n) is 13.8. The van der Waals surface area contributed by atoms with E-state index in [-0.39, 0.29) is 11.2 Å². The number of aromatic nitrogens is 4. The average molecular weight is 354 g/mol. The molecule has 0 bridgehead atoms. The number of carbonyl (C=O) groups excluding carboxylic acids is 1. The van der Waals surface area contributed by atoms with Gasteiger partial charge in [0.1, 0.15) is 0 Å². The van der Waals surface area contributed by atoms with Gasteiger partial charge in [-0.05, 0) is 48.6 Å². The van der Waals surface area contributed by atoms with Crippen LogP contribution < -0.4 is 5.56 Å². The van der Waals surface area contributed by atoms with Gasteiger partial charge in [-0.15, -0.1) is 21.5 Å². The Bertz CT molecular complexity index is 1200. The molecule has 0 atom stereocenters. The molecule has 0 fully saturated rings. The van der Waals surface area contributed by atoms with Crippen LogP contribution in [0.3, 0.4) is 0 Å². The first-order valence-electron chi connectivity index (χ1n) is 7.56. The van der Waals surface area contributed by atoms with Gasteiger partial charge in [-0.3, -0.25) is 9.20 Å². The van der Waals surface area contributed by atoms with Gasteiger partial charge >= 0.3 is 5.97 Å². The van der Waals surface area contributed by atoms with Crippen molar-refractivity contribution in [2.45, 2.75) is 13.8 Å². The molecular formula is C17H14N4O3S. The van der Waals surface area contributed by atoms with Crippen LogP contribution in [-0.2, 0) is 4.74 Å². The van der Waals surface area contributed by atoms with Gasteiger partial charge in [0.05, 0.1) is 28.6 Å². The first kappa shape index (κ1) is 15.5. The molecule has 1 aromatic carbocycles. The van der Waals surface area contributed by atoms with E-state index in [4.69, 9.17) is 4.74 Å². The van der Waals surface area contributed by atoms with Crippen molar-refractivity contribution in [1.29, 1.82) is 0 Å². The summed E-state index contributed by atoms with van der Waals surface area (Å²) in [4.78, 5) is 28.1. The summed E-state index contributed by atoms with van der Waals surface area (Å²) in [5.41, 5.74) is 3.34. The number of rotatable bonds is 2. The van der Waals surface area contributed by atoms with E-state index < -0.39 is 5.97 Å². The predicted octanol–water partition coefficient (Wildman–Crippen LogP) is 2.70. The van der Waals surface area contributed by atoms with Crippen molar-refractivity contribution in [3.8, 4) is 10.7 Å². The predicted molar refractivity (Wildman–Crippen MR) is 95.2 cm³/mol. The molecule has 0 saturated carbocycles. The molecule has 25 heavy (non-hydrogen) atoms. The molecule has 1 N–H and O–H groups in total. The van der Waals surface area contributed by atoms with Crippen LogP contribution in [0.1, 0.15) is 21.5 Å². The van der Waals surface area contributed by atoms with Gasteiger partial charge in [0.25, 0.3) is 5.56 Å². The molecule has 3 heterocycles. The van der Waals surface area contributed by atoms with E-state index >= 15 is 0 Å². The van der Waals surface area contributed by atoms with Gasteiger partial charge in [-0.1, -0.05) is 0 Å². The molecular weight excluding hydrogens is 340 g/mol. The SMILES string of the molecule is COC(=O)c1cc2[nH]c(=O)c3nnc(-c4sccc4C)n3c2cc1C. The van der Waals surface area contributed by atoms with Crippen LogP contribution in [0.25, 0.3) is 27.4 Å². The summed E-state index contributed by atoms with van der Waals surface area (Å²) in [5, 5.41) is 10.3. The zero-order chi connectivity index (χ0) is 17.7. The van der Waals surface area contributed by atoms with E-state index in [0.717, 1.165) is 21.5 Å². The second-order valence-electron chi connectivity index (χ2n) is 5.75. The quantitative estimate of drug-likeness (QED) is 0.559. The number of benzene rings is 1. The van der Waals surface area contributed by atoms with E-state index in [1.54, 1.807) is 21.8 Å². The van der Waals surface area contributed by atoms with Gasteiger partial charge in [-0.25, -0.2) is 4.79 Å². The van der Waals surface area contributed by atoms with Crippen molar-refractivity contribution in [1.82, 2.24) is 19.6 Å². The van der Waals surface area contributed by atoms with E-state index in [2.05, 4.69) is 15.2 Å². The van der Waals surface area contributed by atoms with E-state index in [9.17, 15) is 9.59 Å². The maximum atomic E-state index is 12.4. The fourth-order valence-corrected chi connectivity index (χ4v) is 3.79. The third kappa shape index (κ3) is 2.25. The van der Waals surface area contributed by atoms with Crippen LogP contribution >= 0.6 is 11.3 Å². The van der Waals surface area contributed by atoms with Gasteiger partial charge in [-0.2, -0.15) is 0 Å². The molecule has 0 aliphatic rings. The fraction of sp³-hybridized carbons (Fsp3) is 0.176. The van der Waals surface area contributed by atoms with Crippen LogP contribution in [-0.4, -0.2) is 32.7 Å². The van der Waals surface area contributed by atoms with Crippen molar-refractivity contribution in [3.63, 3.8) is 0 Å². The number of esters is 1. The maximum Gasteiger partial charge on any atom is 0.338 e. The highest BCUT2D eigenvalue weighted by Gasteiger charge is 2.19. The molecule has 0 spiro atoms. The van der Waals surface area contributed by atoms with Crippen LogP contribution in [0.15, 0.2) is 28.4 Å². The van der Waals surface area contributed by atoms with Crippen molar-refractivity contribution in [3.05, 3.63) is 50.6 Å². The highest BCUT2D eigenvalue weighted by molar-refractivity contribution is 7.13. The molecule has 0 radical (unpaired) electrons. The van der Waals surface area contributed by atoms with Crippen molar-refractivity contribution in [2.75, 3.05) is 7.11 Å². The fourth-order valence-electron chi connectivity index (χ4n) is 2.89. The summed E-state index contributed by atoms with van der Waals surface area (Å²) in [7, 11) is 1.33. The first-order valence-corrected chi connectivity index (χ1v) is 8.43. The lowest BCUT2D eigenvalue weighted by Crippen LogP contribution is -2.13. The number of hydrogen-bond donors (Lipinski definition) is 1. The monoisotopic (exact) mass is 354 g/mol. The Morgan fingerprint density at radius 1 is 1.24 bits per heavy atom. The minimum Gasteiger partial charge on any atom is -0.465 e. The smallest absolute Gasteiger partial charge is 0.338 e. The molecule has 0 amide bonds.